The van der Waals surface area contributed by atoms with E-state index >= 15 is 0 Å². The normalized spacial score (nSPS) is 20.3. The fraction of sp³-hybridized carbons (Fsp3) is 0.412. The molecule has 1 aliphatic carbocycles. The maximum atomic E-state index is 13.4. The van der Waals surface area contributed by atoms with Gasteiger partial charge in [-0.1, -0.05) is 12.8 Å². The van der Waals surface area contributed by atoms with Crippen LogP contribution >= 0.6 is 0 Å². The van der Waals surface area contributed by atoms with Crippen LogP contribution in [0.3, 0.4) is 0 Å². The lowest BCUT2D eigenvalue weighted by atomic mass is 9.91. The summed E-state index contributed by atoms with van der Waals surface area (Å²) >= 11 is 0. The number of rotatable bonds is 4. The third-order valence-electron chi connectivity index (χ3n) is 4.27. The minimum absolute atomic E-state index is 0.0777. The molecule has 1 amide bonds. The maximum Gasteiger partial charge on any atom is 0.270 e. The van der Waals surface area contributed by atoms with Crippen molar-refractivity contribution in [1.29, 1.82) is 10.8 Å². The minimum atomic E-state index is -0.989. The molecule has 8 nitrogen and oxygen atoms in total. The van der Waals surface area contributed by atoms with Crippen LogP contribution < -0.4 is 22.1 Å². The molecular formula is C17H24FN7O. The summed E-state index contributed by atoms with van der Waals surface area (Å²) in [6, 6.07) is 4.05. The summed E-state index contributed by atoms with van der Waals surface area (Å²) in [6.45, 7) is 1.59. The zero-order valence-electron chi connectivity index (χ0n) is 14.6. The quantitative estimate of drug-likeness (QED) is 0.353. The van der Waals surface area contributed by atoms with Gasteiger partial charge in [-0.3, -0.25) is 15.6 Å². The van der Waals surface area contributed by atoms with Gasteiger partial charge in [0.15, 0.2) is 11.5 Å². The SMILES string of the molecule is Cc1cc(N/C(=N/C(=N)N[C@@H]2CCCC[C@@H]2N)C(=N)C(N)=O)ccc1F. The first kappa shape index (κ1) is 19.5. The molecule has 9 heteroatoms. The average Bonchev–Trinajstić information content (AvgIpc) is 2.59. The summed E-state index contributed by atoms with van der Waals surface area (Å²) in [5.41, 5.74) is 11.5. The molecule has 0 heterocycles. The third-order valence-corrected chi connectivity index (χ3v) is 4.27. The van der Waals surface area contributed by atoms with Crippen molar-refractivity contribution in [2.45, 2.75) is 44.7 Å². The fourth-order valence-corrected chi connectivity index (χ4v) is 2.78. The number of nitrogens with zero attached hydrogens (tertiary/aromatic N) is 1. The van der Waals surface area contributed by atoms with E-state index in [0.717, 1.165) is 25.7 Å². The second-order valence-corrected chi connectivity index (χ2v) is 6.34. The van der Waals surface area contributed by atoms with E-state index in [-0.39, 0.29) is 29.7 Å². The van der Waals surface area contributed by atoms with E-state index < -0.39 is 11.6 Å². The number of amidine groups is 1. The molecule has 2 rings (SSSR count). The Kier molecular flexibility index (Phi) is 6.40. The highest BCUT2D eigenvalue weighted by Crippen LogP contribution is 2.17. The monoisotopic (exact) mass is 361 g/mol. The van der Waals surface area contributed by atoms with E-state index in [1.165, 1.54) is 18.2 Å². The van der Waals surface area contributed by atoms with Crippen LogP contribution in [0.2, 0.25) is 0 Å². The number of amides is 1. The number of nitrogens with one attached hydrogen (secondary N) is 4. The topological polar surface area (TPSA) is 153 Å². The van der Waals surface area contributed by atoms with E-state index in [1.54, 1.807) is 6.92 Å². The zero-order chi connectivity index (χ0) is 19.3. The molecule has 26 heavy (non-hydrogen) atoms. The van der Waals surface area contributed by atoms with Gasteiger partial charge in [0.2, 0.25) is 5.96 Å². The van der Waals surface area contributed by atoms with Crippen LogP contribution in [0.15, 0.2) is 23.2 Å². The molecule has 1 aromatic rings. The number of carbonyl (C=O) groups is 1. The van der Waals surface area contributed by atoms with E-state index in [2.05, 4.69) is 15.6 Å². The second kappa shape index (κ2) is 8.52. The first-order valence-corrected chi connectivity index (χ1v) is 8.39. The number of halogens is 1. The van der Waals surface area contributed by atoms with E-state index in [4.69, 9.17) is 22.3 Å². The summed E-state index contributed by atoms with van der Waals surface area (Å²) in [7, 11) is 0. The third kappa shape index (κ3) is 5.09. The van der Waals surface area contributed by atoms with E-state index in [1.807, 2.05) is 0 Å². The number of guanidine groups is 1. The Morgan fingerprint density at radius 1 is 1.31 bits per heavy atom. The first-order chi connectivity index (χ1) is 12.3. The molecule has 1 aromatic carbocycles. The molecule has 0 radical (unpaired) electrons. The summed E-state index contributed by atoms with van der Waals surface area (Å²) < 4.78 is 13.4. The highest BCUT2D eigenvalue weighted by molar-refractivity contribution is 6.67. The summed E-state index contributed by atoms with van der Waals surface area (Å²) in [5, 5.41) is 21.5. The molecular weight excluding hydrogens is 337 g/mol. The lowest BCUT2D eigenvalue weighted by molar-refractivity contribution is -0.111. The molecule has 1 aliphatic rings. The average molecular weight is 361 g/mol. The number of carbonyl (C=O) groups excluding carboxylic acids is 1. The molecule has 0 spiro atoms. The highest BCUT2D eigenvalue weighted by atomic mass is 19.1. The number of aliphatic imine (C=N–C) groups is 1. The van der Waals surface area contributed by atoms with E-state index in [0.29, 0.717) is 11.3 Å². The van der Waals surface area contributed by atoms with Crippen molar-refractivity contribution in [3.8, 4) is 0 Å². The molecule has 2 atom stereocenters. The Hall–Kier alpha value is -2.81. The van der Waals surface area contributed by atoms with Gasteiger partial charge >= 0.3 is 0 Å². The minimum Gasteiger partial charge on any atom is -0.364 e. The van der Waals surface area contributed by atoms with Gasteiger partial charge in [-0.15, -0.1) is 0 Å². The largest absolute Gasteiger partial charge is 0.364 e. The van der Waals surface area contributed by atoms with Crippen LogP contribution in [0.5, 0.6) is 0 Å². The van der Waals surface area contributed by atoms with Crippen molar-refractivity contribution < 1.29 is 9.18 Å². The van der Waals surface area contributed by atoms with Crippen molar-refractivity contribution in [3.63, 3.8) is 0 Å². The zero-order valence-corrected chi connectivity index (χ0v) is 14.6. The van der Waals surface area contributed by atoms with Crippen LogP contribution in [-0.2, 0) is 4.79 Å². The van der Waals surface area contributed by atoms with Gasteiger partial charge in [-0.2, -0.15) is 4.99 Å². The second-order valence-electron chi connectivity index (χ2n) is 6.34. The Morgan fingerprint density at radius 3 is 2.62 bits per heavy atom. The number of benzene rings is 1. The molecule has 0 unspecified atom stereocenters. The van der Waals surface area contributed by atoms with Crippen LogP contribution in [0.4, 0.5) is 10.1 Å². The van der Waals surface area contributed by atoms with Crippen molar-refractivity contribution in [1.82, 2.24) is 5.32 Å². The number of primary amides is 1. The van der Waals surface area contributed by atoms with Gasteiger partial charge < -0.3 is 22.1 Å². The van der Waals surface area contributed by atoms with Gasteiger partial charge in [0, 0.05) is 17.8 Å². The van der Waals surface area contributed by atoms with Gasteiger partial charge in [0.05, 0.1) is 0 Å². The fourth-order valence-electron chi connectivity index (χ4n) is 2.78. The molecule has 1 fully saturated rings. The van der Waals surface area contributed by atoms with Crippen molar-refractivity contribution in [3.05, 3.63) is 29.6 Å². The van der Waals surface area contributed by atoms with Crippen LogP contribution in [-0.4, -0.2) is 35.5 Å². The highest BCUT2D eigenvalue weighted by Gasteiger charge is 2.23. The Labute approximate surface area is 151 Å². The molecule has 140 valence electrons. The van der Waals surface area contributed by atoms with Crippen molar-refractivity contribution >= 4 is 29.1 Å². The Morgan fingerprint density at radius 2 is 2.00 bits per heavy atom. The van der Waals surface area contributed by atoms with Crippen molar-refractivity contribution in [2.24, 2.45) is 16.5 Å². The molecule has 1 saturated carbocycles. The maximum absolute atomic E-state index is 13.4. The number of nitrogens with two attached hydrogens (primary N) is 2. The number of hydrogen-bond acceptors (Lipinski definition) is 4. The molecule has 0 bridgehead atoms. The number of aryl methyl sites for hydroxylation is 1. The molecule has 0 saturated heterocycles. The van der Waals surface area contributed by atoms with Crippen molar-refractivity contribution in [2.75, 3.05) is 5.32 Å². The number of hydrogen-bond donors (Lipinski definition) is 6. The smallest absolute Gasteiger partial charge is 0.270 e. The van der Waals surface area contributed by atoms with Crippen LogP contribution in [0, 0.1) is 23.6 Å². The Balaban J connectivity index is 2.18. The summed E-state index contributed by atoms with van der Waals surface area (Å²) in [5.74, 6) is -1.78. The Bertz CT molecular complexity index is 747. The molecule has 0 aromatic heterocycles. The van der Waals surface area contributed by atoms with Crippen LogP contribution in [0.1, 0.15) is 31.2 Å². The standard InChI is InChI=1S/C17H24FN7O/c1-9-8-10(6-7-11(9)18)23-16(14(20)15(21)26)25-17(22)24-13-5-3-2-4-12(13)19/h6-8,12-13,20H,2-5,19H2,1H3,(H2,21,26)(H3,22,23,24,25)/t12-,13+/m0/s1. The summed E-state index contributed by atoms with van der Waals surface area (Å²) in [4.78, 5) is 15.4. The van der Waals surface area contributed by atoms with Gasteiger partial charge in [0.25, 0.3) is 5.91 Å². The van der Waals surface area contributed by atoms with Gasteiger partial charge in [-0.05, 0) is 43.5 Å². The van der Waals surface area contributed by atoms with Crippen LogP contribution in [0.25, 0.3) is 0 Å². The molecule has 0 aliphatic heterocycles. The predicted octanol–water partition coefficient (Wildman–Crippen LogP) is 1.24. The first-order valence-electron chi connectivity index (χ1n) is 8.39. The predicted molar refractivity (Wildman–Crippen MR) is 100 cm³/mol. The lowest BCUT2D eigenvalue weighted by Crippen LogP contribution is -2.49. The summed E-state index contributed by atoms with van der Waals surface area (Å²) in [6.07, 6.45) is 3.76. The molecule has 8 N–H and O–H groups in total. The van der Waals surface area contributed by atoms with E-state index in [9.17, 15) is 9.18 Å². The number of anilines is 1. The lowest BCUT2D eigenvalue weighted by Gasteiger charge is -2.29. The van der Waals surface area contributed by atoms with Gasteiger partial charge in [0.1, 0.15) is 5.82 Å². The van der Waals surface area contributed by atoms with Gasteiger partial charge in [-0.25, -0.2) is 4.39 Å².